The lowest BCUT2D eigenvalue weighted by atomic mass is 10.1. The standard InChI is InChI=1S/C15H13BrClNO3/c1-21-11-6-7-13(16)12(8-11)14(15(19)20)18-10-4-2-9(17)3-5-10/h2-8,14,18H,1H3,(H,19,20). The summed E-state index contributed by atoms with van der Waals surface area (Å²) in [7, 11) is 1.54. The summed E-state index contributed by atoms with van der Waals surface area (Å²) in [4.78, 5) is 11.6. The van der Waals surface area contributed by atoms with Crippen LogP contribution in [0.3, 0.4) is 0 Å². The van der Waals surface area contributed by atoms with Gasteiger partial charge in [0.1, 0.15) is 5.75 Å². The van der Waals surface area contributed by atoms with Crippen molar-refractivity contribution in [2.75, 3.05) is 12.4 Å². The summed E-state index contributed by atoms with van der Waals surface area (Å²) in [6.07, 6.45) is 0. The Labute approximate surface area is 135 Å². The molecule has 2 N–H and O–H groups in total. The number of hydrogen-bond acceptors (Lipinski definition) is 3. The van der Waals surface area contributed by atoms with Gasteiger partial charge in [0.05, 0.1) is 7.11 Å². The summed E-state index contributed by atoms with van der Waals surface area (Å²) >= 11 is 9.20. The highest BCUT2D eigenvalue weighted by atomic mass is 79.9. The molecule has 0 fully saturated rings. The molecule has 0 aliphatic heterocycles. The fraction of sp³-hybridized carbons (Fsp3) is 0.133. The SMILES string of the molecule is COc1ccc(Br)c(C(Nc2ccc(Cl)cc2)C(=O)O)c1. The highest BCUT2D eigenvalue weighted by Gasteiger charge is 2.22. The van der Waals surface area contributed by atoms with Crippen molar-refractivity contribution < 1.29 is 14.6 Å². The van der Waals surface area contributed by atoms with E-state index < -0.39 is 12.0 Å². The van der Waals surface area contributed by atoms with Crippen molar-refractivity contribution in [3.63, 3.8) is 0 Å². The van der Waals surface area contributed by atoms with Crippen molar-refractivity contribution in [3.05, 3.63) is 57.5 Å². The normalized spacial score (nSPS) is 11.8. The molecule has 2 aromatic rings. The van der Waals surface area contributed by atoms with Crippen molar-refractivity contribution in [2.45, 2.75) is 6.04 Å². The predicted octanol–water partition coefficient (Wildman–Crippen LogP) is 4.35. The lowest BCUT2D eigenvalue weighted by Gasteiger charge is -2.18. The van der Waals surface area contributed by atoms with E-state index in [0.29, 0.717) is 26.5 Å². The van der Waals surface area contributed by atoms with E-state index in [0.717, 1.165) is 0 Å². The molecule has 0 spiro atoms. The van der Waals surface area contributed by atoms with Crippen LogP contribution in [0.5, 0.6) is 5.75 Å². The van der Waals surface area contributed by atoms with E-state index >= 15 is 0 Å². The number of carboxylic acid groups (broad SMARTS) is 1. The molecule has 0 aliphatic rings. The molecule has 1 atom stereocenters. The number of carbonyl (C=O) groups is 1. The van der Waals surface area contributed by atoms with Gasteiger partial charge < -0.3 is 15.2 Å². The van der Waals surface area contributed by atoms with Crippen LogP contribution in [0.1, 0.15) is 11.6 Å². The zero-order valence-electron chi connectivity index (χ0n) is 11.1. The van der Waals surface area contributed by atoms with E-state index in [1.54, 1.807) is 42.5 Å². The van der Waals surface area contributed by atoms with E-state index in [1.807, 2.05) is 0 Å². The Bertz CT molecular complexity index is 646. The predicted molar refractivity (Wildman–Crippen MR) is 86.1 cm³/mol. The number of benzene rings is 2. The largest absolute Gasteiger partial charge is 0.497 e. The lowest BCUT2D eigenvalue weighted by Crippen LogP contribution is -2.21. The smallest absolute Gasteiger partial charge is 0.330 e. The van der Waals surface area contributed by atoms with Gasteiger partial charge in [0, 0.05) is 20.7 Å². The van der Waals surface area contributed by atoms with Crippen LogP contribution in [0.4, 0.5) is 5.69 Å². The van der Waals surface area contributed by atoms with Crippen molar-refractivity contribution >= 4 is 39.2 Å². The molecular weight excluding hydrogens is 358 g/mol. The van der Waals surface area contributed by atoms with E-state index in [-0.39, 0.29) is 0 Å². The first kappa shape index (κ1) is 15.7. The van der Waals surface area contributed by atoms with Crippen LogP contribution < -0.4 is 10.1 Å². The van der Waals surface area contributed by atoms with Crippen LogP contribution in [0.25, 0.3) is 0 Å². The molecule has 0 heterocycles. The second-order valence-electron chi connectivity index (χ2n) is 4.31. The molecule has 1 unspecified atom stereocenters. The first-order valence-corrected chi connectivity index (χ1v) is 7.26. The number of aliphatic carboxylic acids is 1. The molecule has 0 aromatic heterocycles. The first-order valence-electron chi connectivity index (χ1n) is 6.09. The fourth-order valence-corrected chi connectivity index (χ4v) is 2.46. The average molecular weight is 371 g/mol. The minimum absolute atomic E-state index is 0.580. The highest BCUT2D eigenvalue weighted by Crippen LogP contribution is 2.30. The Morgan fingerprint density at radius 2 is 1.95 bits per heavy atom. The molecule has 0 saturated carbocycles. The number of methoxy groups -OCH3 is 1. The van der Waals surface area contributed by atoms with Gasteiger partial charge in [-0.05, 0) is 42.5 Å². The second kappa shape index (κ2) is 6.83. The molecule has 0 aliphatic carbocycles. The maximum absolute atomic E-state index is 11.6. The van der Waals surface area contributed by atoms with Gasteiger partial charge in [-0.1, -0.05) is 27.5 Å². The van der Waals surface area contributed by atoms with E-state index in [9.17, 15) is 9.90 Å². The summed E-state index contributed by atoms with van der Waals surface area (Å²) in [5.74, 6) is -0.392. The topological polar surface area (TPSA) is 58.6 Å². The van der Waals surface area contributed by atoms with Gasteiger partial charge in [-0.25, -0.2) is 4.79 Å². The van der Waals surface area contributed by atoms with Gasteiger partial charge in [-0.2, -0.15) is 0 Å². The van der Waals surface area contributed by atoms with E-state index in [4.69, 9.17) is 16.3 Å². The van der Waals surface area contributed by atoms with Crippen LogP contribution in [-0.4, -0.2) is 18.2 Å². The Morgan fingerprint density at radius 3 is 2.52 bits per heavy atom. The minimum Gasteiger partial charge on any atom is -0.497 e. The van der Waals surface area contributed by atoms with Gasteiger partial charge in [-0.3, -0.25) is 0 Å². The van der Waals surface area contributed by atoms with Gasteiger partial charge >= 0.3 is 5.97 Å². The molecule has 2 aromatic carbocycles. The molecule has 2 rings (SSSR count). The number of rotatable bonds is 5. The average Bonchev–Trinajstić information content (AvgIpc) is 2.47. The van der Waals surface area contributed by atoms with Gasteiger partial charge in [0.25, 0.3) is 0 Å². The molecule has 110 valence electrons. The minimum atomic E-state index is -0.987. The van der Waals surface area contributed by atoms with Crippen molar-refractivity contribution in [2.24, 2.45) is 0 Å². The zero-order chi connectivity index (χ0) is 15.4. The molecule has 0 bridgehead atoms. The van der Waals surface area contributed by atoms with E-state index in [1.165, 1.54) is 7.11 Å². The number of anilines is 1. The molecule has 6 heteroatoms. The fourth-order valence-electron chi connectivity index (χ4n) is 1.86. The maximum atomic E-state index is 11.6. The Kier molecular flexibility index (Phi) is 5.09. The number of ether oxygens (including phenoxy) is 1. The van der Waals surface area contributed by atoms with Gasteiger partial charge in [0.2, 0.25) is 0 Å². The number of nitrogens with one attached hydrogen (secondary N) is 1. The first-order chi connectivity index (χ1) is 10.0. The van der Waals surface area contributed by atoms with Gasteiger partial charge in [-0.15, -0.1) is 0 Å². The third kappa shape index (κ3) is 3.89. The molecule has 0 saturated heterocycles. The Morgan fingerprint density at radius 1 is 1.29 bits per heavy atom. The third-order valence-corrected chi connectivity index (χ3v) is 3.89. The van der Waals surface area contributed by atoms with Crippen LogP contribution in [-0.2, 0) is 4.79 Å². The zero-order valence-corrected chi connectivity index (χ0v) is 13.5. The van der Waals surface area contributed by atoms with Crippen molar-refractivity contribution in [3.8, 4) is 5.75 Å². The van der Waals surface area contributed by atoms with Crippen molar-refractivity contribution in [1.82, 2.24) is 0 Å². The molecular formula is C15H13BrClNO3. The molecule has 21 heavy (non-hydrogen) atoms. The summed E-state index contributed by atoms with van der Waals surface area (Å²) in [5, 5.41) is 13.0. The highest BCUT2D eigenvalue weighted by molar-refractivity contribution is 9.10. The van der Waals surface area contributed by atoms with Crippen molar-refractivity contribution in [1.29, 1.82) is 0 Å². The lowest BCUT2D eigenvalue weighted by molar-refractivity contribution is -0.138. The van der Waals surface area contributed by atoms with Crippen LogP contribution in [0, 0.1) is 0 Å². The summed E-state index contributed by atoms with van der Waals surface area (Å²) in [5.41, 5.74) is 1.25. The molecule has 4 nitrogen and oxygen atoms in total. The molecule has 0 amide bonds. The van der Waals surface area contributed by atoms with Gasteiger partial charge in [0.15, 0.2) is 6.04 Å². The summed E-state index contributed by atoms with van der Waals surface area (Å²) in [6, 6.07) is 11.1. The third-order valence-electron chi connectivity index (χ3n) is 2.92. The molecule has 0 radical (unpaired) electrons. The summed E-state index contributed by atoms with van der Waals surface area (Å²) in [6.45, 7) is 0. The quantitative estimate of drug-likeness (QED) is 0.821. The number of carboxylic acids is 1. The number of hydrogen-bond donors (Lipinski definition) is 2. The Balaban J connectivity index is 2.35. The number of halogens is 2. The van der Waals surface area contributed by atoms with E-state index in [2.05, 4.69) is 21.2 Å². The second-order valence-corrected chi connectivity index (χ2v) is 5.60. The van der Waals surface area contributed by atoms with Crippen LogP contribution in [0.2, 0.25) is 5.02 Å². The van der Waals surface area contributed by atoms with Crippen LogP contribution in [0.15, 0.2) is 46.9 Å². The Hall–Kier alpha value is -1.72. The summed E-state index contributed by atoms with van der Waals surface area (Å²) < 4.78 is 5.84. The monoisotopic (exact) mass is 369 g/mol. The van der Waals surface area contributed by atoms with Crippen LogP contribution >= 0.6 is 27.5 Å². The maximum Gasteiger partial charge on any atom is 0.330 e.